The van der Waals surface area contributed by atoms with Gasteiger partial charge in [-0.15, -0.1) is 0 Å². The summed E-state index contributed by atoms with van der Waals surface area (Å²) in [4.78, 5) is 11.5. The average Bonchev–Trinajstić information content (AvgIpc) is 2.18. The van der Waals surface area contributed by atoms with Crippen molar-refractivity contribution in [2.45, 2.75) is 19.3 Å². The molecular weight excluding hydrogens is 196 g/mol. The van der Waals surface area contributed by atoms with Crippen LogP contribution in [0.15, 0.2) is 30.3 Å². The molecule has 0 amide bonds. The third kappa shape index (κ3) is 3.66. The Bertz CT molecular complexity index is 319. The molecule has 0 aliphatic carbocycles. The second-order valence-corrected chi connectivity index (χ2v) is 3.51. The van der Waals surface area contributed by atoms with Crippen LogP contribution in [0.1, 0.15) is 29.6 Å². The van der Waals surface area contributed by atoms with Crippen molar-refractivity contribution >= 4 is 23.1 Å². The molecule has 1 aromatic rings. The Morgan fingerprint density at radius 2 is 1.86 bits per heavy atom. The number of rotatable bonds is 5. The number of aliphatic hydroxyl groups is 1. The van der Waals surface area contributed by atoms with Crippen LogP contribution < -0.4 is 0 Å². The Labute approximate surface area is 88.6 Å². The summed E-state index contributed by atoms with van der Waals surface area (Å²) in [7, 11) is 0. The minimum atomic E-state index is -0.0224. The first kappa shape index (κ1) is 10.9. The number of Topliss-reactive ketones (excluding diaryl/α,β-unsaturated/α-hetero) is 1. The van der Waals surface area contributed by atoms with Gasteiger partial charge in [-0.25, -0.2) is 0 Å². The molecular formula is C11H12O2S. The molecule has 0 heterocycles. The van der Waals surface area contributed by atoms with E-state index in [0.29, 0.717) is 19.3 Å². The monoisotopic (exact) mass is 208 g/mol. The molecule has 1 rings (SSSR count). The summed E-state index contributed by atoms with van der Waals surface area (Å²) in [6.07, 6.45) is 1.47. The summed E-state index contributed by atoms with van der Waals surface area (Å²) in [6, 6.07) is 9.13. The second kappa shape index (κ2) is 5.50. The van der Waals surface area contributed by atoms with Crippen molar-refractivity contribution in [1.29, 1.82) is 0 Å². The minimum absolute atomic E-state index is 0.0224. The summed E-state index contributed by atoms with van der Waals surface area (Å²) in [5.74, 6) is 0.0989. The second-order valence-electron chi connectivity index (χ2n) is 3.04. The summed E-state index contributed by atoms with van der Waals surface area (Å²) < 4.78 is 0. The number of benzene rings is 1. The van der Waals surface area contributed by atoms with Crippen molar-refractivity contribution in [2.24, 2.45) is 0 Å². The maximum Gasteiger partial charge on any atom is 0.162 e. The van der Waals surface area contributed by atoms with Gasteiger partial charge in [-0.1, -0.05) is 30.3 Å². The lowest BCUT2D eigenvalue weighted by Crippen LogP contribution is -2.00. The summed E-state index contributed by atoms with van der Waals surface area (Å²) >= 11 is 4.51. The van der Waals surface area contributed by atoms with Crippen LogP contribution in [0.3, 0.4) is 0 Å². The molecule has 0 saturated carbocycles. The number of hydrogen-bond donors (Lipinski definition) is 1. The van der Waals surface area contributed by atoms with E-state index < -0.39 is 0 Å². The smallest absolute Gasteiger partial charge is 0.162 e. The summed E-state index contributed by atoms with van der Waals surface area (Å²) in [5, 5.41) is 8.73. The predicted octanol–water partition coefficient (Wildman–Crippen LogP) is 2.93. The van der Waals surface area contributed by atoms with E-state index >= 15 is 0 Å². The zero-order valence-electron chi connectivity index (χ0n) is 7.77. The Balaban J connectivity index is 2.40. The van der Waals surface area contributed by atoms with Crippen molar-refractivity contribution in [3.8, 4) is 0 Å². The highest BCUT2D eigenvalue weighted by atomic mass is 32.1. The molecule has 0 aliphatic rings. The van der Waals surface area contributed by atoms with Crippen molar-refractivity contribution in [3.63, 3.8) is 0 Å². The number of ketones is 1. The summed E-state index contributed by atoms with van der Waals surface area (Å²) in [5.41, 5.74) is 0.719. The van der Waals surface area contributed by atoms with E-state index in [2.05, 4.69) is 12.2 Å². The molecule has 3 heteroatoms. The Morgan fingerprint density at radius 3 is 2.43 bits per heavy atom. The van der Waals surface area contributed by atoms with E-state index in [9.17, 15) is 4.79 Å². The largest absolute Gasteiger partial charge is 0.502 e. The molecule has 0 unspecified atom stereocenters. The average molecular weight is 208 g/mol. The van der Waals surface area contributed by atoms with Gasteiger partial charge in [0.2, 0.25) is 0 Å². The predicted molar refractivity (Wildman–Crippen MR) is 59.9 cm³/mol. The van der Waals surface area contributed by atoms with E-state index in [0.717, 1.165) is 5.56 Å². The Morgan fingerprint density at radius 1 is 1.21 bits per heavy atom. The highest BCUT2D eigenvalue weighted by Gasteiger charge is 2.04. The highest BCUT2D eigenvalue weighted by molar-refractivity contribution is 7.80. The van der Waals surface area contributed by atoms with E-state index in [4.69, 9.17) is 5.11 Å². The standard InChI is InChI=1S/C11H12O2S/c12-10(7-4-8-11(13)14)9-5-2-1-3-6-9/h1-3,5-6H,4,7-8H2,(H,13,14). The molecule has 0 aromatic heterocycles. The maximum atomic E-state index is 11.5. The first-order valence-corrected chi connectivity index (χ1v) is 4.91. The van der Waals surface area contributed by atoms with Crippen LogP contribution >= 0.6 is 12.2 Å². The van der Waals surface area contributed by atoms with Crippen LogP contribution in [0.25, 0.3) is 0 Å². The molecule has 14 heavy (non-hydrogen) atoms. The fourth-order valence-corrected chi connectivity index (χ4v) is 1.31. The lowest BCUT2D eigenvalue weighted by molar-refractivity contribution is 0.0980. The van der Waals surface area contributed by atoms with Crippen molar-refractivity contribution in [2.75, 3.05) is 0 Å². The molecule has 0 fully saturated rings. The fourth-order valence-electron chi connectivity index (χ4n) is 1.17. The first-order valence-electron chi connectivity index (χ1n) is 4.50. The Hall–Kier alpha value is -1.22. The number of aliphatic hydroxyl groups excluding tert-OH is 1. The highest BCUT2D eigenvalue weighted by Crippen LogP contribution is 2.06. The topological polar surface area (TPSA) is 37.3 Å². The van der Waals surface area contributed by atoms with Crippen LogP contribution in [0, 0.1) is 0 Å². The van der Waals surface area contributed by atoms with Gasteiger partial charge in [0.15, 0.2) is 10.8 Å². The number of thiocarbonyl (C=S) groups is 1. The van der Waals surface area contributed by atoms with Gasteiger partial charge in [0, 0.05) is 18.4 Å². The third-order valence-electron chi connectivity index (χ3n) is 1.89. The van der Waals surface area contributed by atoms with Gasteiger partial charge in [0.25, 0.3) is 0 Å². The van der Waals surface area contributed by atoms with Gasteiger partial charge in [0.05, 0.1) is 0 Å². The molecule has 0 spiro atoms. The minimum Gasteiger partial charge on any atom is -0.502 e. The van der Waals surface area contributed by atoms with Gasteiger partial charge in [-0.2, -0.15) is 0 Å². The third-order valence-corrected chi connectivity index (χ3v) is 2.09. The molecule has 0 bridgehead atoms. The number of carbonyl (C=O) groups excluding carboxylic acids is 1. The molecule has 1 aromatic carbocycles. The van der Waals surface area contributed by atoms with Crippen molar-refractivity contribution in [1.82, 2.24) is 0 Å². The normalized spacial score (nSPS) is 9.71. The SMILES string of the molecule is O=C(CCCC(O)=S)c1ccccc1. The lowest BCUT2D eigenvalue weighted by atomic mass is 10.1. The molecule has 0 radical (unpaired) electrons. The number of carbonyl (C=O) groups is 1. The zero-order valence-corrected chi connectivity index (χ0v) is 8.59. The quantitative estimate of drug-likeness (QED) is 0.597. The first-order chi connectivity index (χ1) is 6.70. The van der Waals surface area contributed by atoms with Crippen molar-refractivity contribution in [3.05, 3.63) is 35.9 Å². The molecule has 0 saturated heterocycles. The molecule has 1 N–H and O–H groups in total. The Kier molecular flexibility index (Phi) is 4.26. The van der Waals surface area contributed by atoms with Crippen LogP contribution in [0.4, 0.5) is 0 Å². The van der Waals surface area contributed by atoms with Gasteiger partial charge >= 0.3 is 0 Å². The van der Waals surface area contributed by atoms with E-state index in [1.807, 2.05) is 18.2 Å². The van der Waals surface area contributed by atoms with E-state index in [-0.39, 0.29) is 10.8 Å². The van der Waals surface area contributed by atoms with Crippen LogP contribution in [0.5, 0.6) is 0 Å². The molecule has 2 nitrogen and oxygen atoms in total. The van der Waals surface area contributed by atoms with Gasteiger partial charge < -0.3 is 5.11 Å². The van der Waals surface area contributed by atoms with Crippen LogP contribution in [-0.2, 0) is 0 Å². The van der Waals surface area contributed by atoms with E-state index in [1.54, 1.807) is 12.1 Å². The summed E-state index contributed by atoms with van der Waals surface area (Å²) in [6.45, 7) is 0. The van der Waals surface area contributed by atoms with Crippen LogP contribution in [0.2, 0.25) is 0 Å². The zero-order chi connectivity index (χ0) is 10.4. The van der Waals surface area contributed by atoms with Gasteiger partial charge in [-0.05, 0) is 18.6 Å². The molecule has 0 aliphatic heterocycles. The molecule has 74 valence electrons. The van der Waals surface area contributed by atoms with Gasteiger partial charge in [-0.3, -0.25) is 4.79 Å². The fraction of sp³-hybridized carbons (Fsp3) is 0.273. The van der Waals surface area contributed by atoms with Crippen molar-refractivity contribution < 1.29 is 9.90 Å². The molecule has 0 atom stereocenters. The van der Waals surface area contributed by atoms with Gasteiger partial charge in [0.1, 0.15) is 0 Å². The lowest BCUT2D eigenvalue weighted by Gasteiger charge is -1.99. The number of hydrogen-bond acceptors (Lipinski definition) is 2. The van der Waals surface area contributed by atoms with E-state index in [1.165, 1.54) is 0 Å². The maximum absolute atomic E-state index is 11.5. The van der Waals surface area contributed by atoms with Crippen LogP contribution in [-0.4, -0.2) is 15.9 Å².